The fraction of sp³-hybridized carbons (Fsp3) is 0.391. The van der Waals surface area contributed by atoms with Crippen LogP contribution in [0.25, 0.3) is 0 Å². The number of halogens is 1. The van der Waals surface area contributed by atoms with Crippen LogP contribution >= 0.6 is 0 Å². The summed E-state index contributed by atoms with van der Waals surface area (Å²) in [7, 11) is -3.63. The maximum atomic E-state index is 13.6. The molecule has 0 unspecified atom stereocenters. The predicted molar refractivity (Wildman–Crippen MR) is 117 cm³/mol. The molecule has 2 heterocycles. The van der Waals surface area contributed by atoms with Crippen LogP contribution in [0.2, 0.25) is 0 Å². The summed E-state index contributed by atoms with van der Waals surface area (Å²) in [6.45, 7) is 6.71. The summed E-state index contributed by atoms with van der Waals surface area (Å²) in [5.74, 6) is -0.799. The van der Waals surface area contributed by atoms with E-state index in [0.717, 1.165) is 5.56 Å². The van der Waals surface area contributed by atoms with Crippen LogP contribution in [0.4, 0.5) is 4.39 Å². The molecule has 8 heteroatoms. The van der Waals surface area contributed by atoms with Crippen molar-refractivity contribution in [3.8, 4) is 0 Å². The number of rotatable bonds is 3. The summed E-state index contributed by atoms with van der Waals surface area (Å²) in [6.07, 6.45) is 0.716. The van der Waals surface area contributed by atoms with Gasteiger partial charge in [-0.2, -0.15) is 4.31 Å². The lowest BCUT2D eigenvalue weighted by Crippen LogP contribution is -2.52. The average Bonchev–Trinajstić information content (AvgIpc) is 3.03. The van der Waals surface area contributed by atoms with E-state index in [4.69, 9.17) is 0 Å². The maximum absolute atomic E-state index is 13.6. The van der Waals surface area contributed by atoms with Gasteiger partial charge in [-0.05, 0) is 35.2 Å². The zero-order chi connectivity index (χ0) is 22.4. The molecule has 0 atom stereocenters. The number of amides is 1. The largest absolute Gasteiger partial charge is 0.326 e. The number of benzene rings is 2. The molecular formula is C23H26FN3O3S. The SMILES string of the molecule is CC(C)(C)c1ccc(S(=O)(=O)N2CCC3(CC2)N=C(c2cccc(F)c2)C(=O)N3)cc1. The Morgan fingerprint density at radius 1 is 1.06 bits per heavy atom. The molecule has 2 aromatic carbocycles. The highest BCUT2D eigenvalue weighted by Crippen LogP contribution is 2.32. The quantitative estimate of drug-likeness (QED) is 0.791. The third kappa shape index (κ3) is 4.14. The van der Waals surface area contributed by atoms with Crippen molar-refractivity contribution in [2.45, 2.75) is 49.6 Å². The van der Waals surface area contributed by atoms with E-state index in [-0.39, 0.29) is 35.0 Å². The van der Waals surface area contributed by atoms with Crippen molar-refractivity contribution in [2.24, 2.45) is 4.99 Å². The van der Waals surface area contributed by atoms with Gasteiger partial charge in [0.1, 0.15) is 17.2 Å². The van der Waals surface area contributed by atoms with E-state index < -0.39 is 21.5 Å². The number of sulfonamides is 1. The van der Waals surface area contributed by atoms with Crippen LogP contribution in [0, 0.1) is 5.82 Å². The van der Waals surface area contributed by atoms with Gasteiger partial charge in [-0.3, -0.25) is 9.79 Å². The monoisotopic (exact) mass is 443 g/mol. The second-order valence-electron chi connectivity index (χ2n) is 9.13. The summed E-state index contributed by atoms with van der Waals surface area (Å²) in [5.41, 5.74) is 0.771. The normalized spacial score (nSPS) is 19.4. The first kappa shape index (κ1) is 21.6. The van der Waals surface area contributed by atoms with Crippen LogP contribution in [0.3, 0.4) is 0 Å². The van der Waals surface area contributed by atoms with Crippen molar-refractivity contribution >= 4 is 21.6 Å². The fourth-order valence-electron chi connectivity index (χ4n) is 4.00. The topological polar surface area (TPSA) is 78.8 Å². The van der Waals surface area contributed by atoms with Crippen LogP contribution in [0.5, 0.6) is 0 Å². The molecule has 0 aliphatic carbocycles. The Morgan fingerprint density at radius 3 is 2.29 bits per heavy atom. The minimum Gasteiger partial charge on any atom is -0.326 e. The first-order valence-electron chi connectivity index (χ1n) is 10.3. The lowest BCUT2D eigenvalue weighted by molar-refractivity contribution is -0.115. The van der Waals surface area contributed by atoms with Gasteiger partial charge < -0.3 is 5.32 Å². The van der Waals surface area contributed by atoms with Gasteiger partial charge in [0, 0.05) is 31.5 Å². The highest BCUT2D eigenvalue weighted by molar-refractivity contribution is 7.89. The van der Waals surface area contributed by atoms with E-state index in [2.05, 4.69) is 31.1 Å². The molecule has 31 heavy (non-hydrogen) atoms. The van der Waals surface area contributed by atoms with Crippen LogP contribution in [0.15, 0.2) is 58.4 Å². The van der Waals surface area contributed by atoms with Crippen molar-refractivity contribution in [1.29, 1.82) is 0 Å². The van der Waals surface area contributed by atoms with Crippen LogP contribution in [0.1, 0.15) is 44.7 Å². The molecule has 2 aliphatic heterocycles. The predicted octanol–water partition coefficient (Wildman–Crippen LogP) is 3.22. The van der Waals surface area contributed by atoms with Crippen molar-refractivity contribution in [3.05, 3.63) is 65.5 Å². The maximum Gasteiger partial charge on any atom is 0.272 e. The molecule has 1 saturated heterocycles. The van der Waals surface area contributed by atoms with E-state index in [0.29, 0.717) is 18.4 Å². The molecule has 0 bridgehead atoms. The van der Waals surface area contributed by atoms with Gasteiger partial charge in [0.2, 0.25) is 10.0 Å². The summed E-state index contributed by atoms with van der Waals surface area (Å²) in [6, 6.07) is 12.8. The average molecular weight is 444 g/mol. The summed E-state index contributed by atoms with van der Waals surface area (Å²) in [4.78, 5) is 17.3. The molecule has 4 rings (SSSR count). The van der Waals surface area contributed by atoms with Gasteiger partial charge in [-0.25, -0.2) is 12.8 Å². The molecule has 6 nitrogen and oxygen atoms in total. The first-order valence-corrected chi connectivity index (χ1v) is 11.7. The highest BCUT2D eigenvalue weighted by Gasteiger charge is 2.44. The molecule has 0 radical (unpaired) electrons. The Labute approximate surface area is 182 Å². The summed E-state index contributed by atoms with van der Waals surface area (Å²) >= 11 is 0. The Balaban J connectivity index is 1.51. The van der Waals surface area contributed by atoms with Gasteiger partial charge in [0.15, 0.2) is 0 Å². The third-order valence-electron chi connectivity index (χ3n) is 5.89. The van der Waals surface area contributed by atoms with E-state index in [9.17, 15) is 17.6 Å². The van der Waals surface area contributed by atoms with Gasteiger partial charge >= 0.3 is 0 Å². The van der Waals surface area contributed by atoms with Crippen molar-refractivity contribution in [2.75, 3.05) is 13.1 Å². The molecule has 164 valence electrons. The third-order valence-corrected chi connectivity index (χ3v) is 7.81. The highest BCUT2D eigenvalue weighted by atomic mass is 32.2. The minimum atomic E-state index is -3.63. The molecule has 1 fully saturated rings. The van der Waals surface area contributed by atoms with Gasteiger partial charge in [0.25, 0.3) is 5.91 Å². The number of nitrogens with one attached hydrogen (secondary N) is 1. The molecule has 0 aromatic heterocycles. The molecule has 0 saturated carbocycles. The van der Waals surface area contributed by atoms with Crippen LogP contribution < -0.4 is 5.32 Å². The number of hydrogen-bond donors (Lipinski definition) is 1. The fourth-order valence-corrected chi connectivity index (χ4v) is 5.45. The van der Waals surface area contributed by atoms with Crippen molar-refractivity contribution in [1.82, 2.24) is 9.62 Å². The number of nitrogens with zero attached hydrogens (tertiary/aromatic N) is 2. The summed E-state index contributed by atoms with van der Waals surface area (Å²) < 4.78 is 41.2. The van der Waals surface area contributed by atoms with E-state index in [1.807, 2.05) is 12.1 Å². The Kier molecular flexibility index (Phi) is 5.26. The van der Waals surface area contributed by atoms with Crippen LogP contribution in [-0.4, -0.2) is 43.1 Å². The lowest BCUT2D eigenvalue weighted by atomic mass is 9.87. The second kappa shape index (κ2) is 7.53. The lowest BCUT2D eigenvalue weighted by Gasteiger charge is -2.36. The molecular weight excluding hydrogens is 417 g/mol. The Morgan fingerprint density at radius 2 is 1.71 bits per heavy atom. The number of carbonyl (C=O) groups is 1. The number of aliphatic imine (C=N–C) groups is 1. The van der Waals surface area contributed by atoms with Crippen molar-refractivity contribution in [3.63, 3.8) is 0 Å². The van der Waals surface area contributed by atoms with E-state index in [1.165, 1.54) is 22.5 Å². The van der Waals surface area contributed by atoms with E-state index >= 15 is 0 Å². The summed E-state index contributed by atoms with van der Waals surface area (Å²) in [5, 5.41) is 2.89. The molecule has 1 amide bonds. The number of carbonyl (C=O) groups excluding carboxylic acids is 1. The minimum absolute atomic E-state index is 0.0577. The zero-order valence-electron chi connectivity index (χ0n) is 17.9. The van der Waals surface area contributed by atoms with Crippen molar-refractivity contribution < 1.29 is 17.6 Å². The smallest absolute Gasteiger partial charge is 0.272 e. The number of piperidine rings is 1. The van der Waals surface area contributed by atoms with Crippen LogP contribution in [-0.2, 0) is 20.2 Å². The molecule has 1 spiro atoms. The zero-order valence-corrected chi connectivity index (χ0v) is 18.7. The molecule has 2 aromatic rings. The first-order chi connectivity index (χ1) is 14.5. The van der Waals surface area contributed by atoms with E-state index in [1.54, 1.807) is 18.2 Å². The standard InChI is InChI=1S/C23H26FN3O3S/c1-22(2,3)17-7-9-19(10-8-17)31(29,30)27-13-11-23(12-14-27)25-20(21(28)26-23)16-5-4-6-18(24)15-16/h4-10,15H,11-14H2,1-3H3,(H,26,28). The Bertz CT molecular complexity index is 1140. The second-order valence-corrected chi connectivity index (χ2v) is 11.1. The molecule has 1 N–H and O–H groups in total. The van der Waals surface area contributed by atoms with Gasteiger partial charge in [-0.15, -0.1) is 0 Å². The Hall–Kier alpha value is -2.58. The van der Waals surface area contributed by atoms with Gasteiger partial charge in [0.05, 0.1) is 4.90 Å². The molecule has 2 aliphatic rings. The number of hydrogen-bond acceptors (Lipinski definition) is 4. The van der Waals surface area contributed by atoms with Gasteiger partial charge in [-0.1, -0.05) is 45.0 Å².